The molecule has 0 aromatic heterocycles. The van der Waals surface area contributed by atoms with Gasteiger partial charge in [-0.25, -0.2) is 0 Å². The molecule has 0 bridgehead atoms. The van der Waals surface area contributed by atoms with Gasteiger partial charge in [-0.3, -0.25) is 0 Å². The molecule has 0 saturated heterocycles. The summed E-state index contributed by atoms with van der Waals surface area (Å²) in [5.74, 6) is 0.832. The highest BCUT2D eigenvalue weighted by Crippen LogP contribution is 2.30. The molecule has 2 heteroatoms. The van der Waals surface area contributed by atoms with Crippen LogP contribution in [0.4, 0.5) is 0 Å². The Morgan fingerprint density at radius 3 is 2.33 bits per heavy atom. The van der Waals surface area contributed by atoms with Crippen LogP contribution in [0.25, 0.3) is 11.1 Å². The van der Waals surface area contributed by atoms with E-state index in [-0.39, 0.29) is 6.29 Å². The number of benzene rings is 2. The van der Waals surface area contributed by atoms with E-state index in [0.717, 1.165) is 16.9 Å². The molecule has 2 aromatic carbocycles. The van der Waals surface area contributed by atoms with Crippen molar-refractivity contribution in [3.63, 3.8) is 0 Å². The van der Waals surface area contributed by atoms with Crippen LogP contribution in [0.15, 0.2) is 54.6 Å². The van der Waals surface area contributed by atoms with E-state index in [1.165, 1.54) is 0 Å². The van der Waals surface area contributed by atoms with Gasteiger partial charge in [0.2, 0.25) is 0 Å². The second-order valence-corrected chi connectivity index (χ2v) is 3.92. The molecule has 1 atom stereocenters. The van der Waals surface area contributed by atoms with E-state index in [9.17, 15) is 0 Å². The maximum atomic E-state index is 5.79. The second kappa shape index (κ2) is 6.22. The fraction of sp³-hybridized carbons (Fsp3) is 0.188. The van der Waals surface area contributed by atoms with E-state index < -0.39 is 0 Å². The van der Waals surface area contributed by atoms with E-state index in [2.05, 4.69) is 12.1 Å². The molecule has 2 rings (SSSR count). The zero-order chi connectivity index (χ0) is 12.8. The van der Waals surface area contributed by atoms with Gasteiger partial charge < -0.3 is 9.47 Å². The van der Waals surface area contributed by atoms with Gasteiger partial charge in [-0.05, 0) is 25.5 Å². The van der Waals surface area contributed by atoms with Gasteiger partial charge in [0.05, 0.1) is 6.61 Å². The van der Waals surface area contributed by atoms with Crippen LogP contribution >= 0.6 is 0 Å². The summed E-state index contributed by atoms with van der Waals surface area (Å²) in [6.45, 7) is 5.35. The summed E-state index contributed by atoms with van der Waals surface area (Å²) >= 11 is 0. The van der Waals surface area contributed by atoms with E-state index >= 15 is 0 Å². The van der Waals surface area contributed by atoms with Gasteiger partial charge in [0.25, 0.3) is 0 Å². The van der Waals surface area contributed by atoms with Crippen molar-refractivity contribution in [3.8, 4) is 16.9 Å². The molecule has 0 aliphatic carbocycles. The number of hydrogen-bond donors (Lipinski definition) is 0. The molecule has 2 aromatic rings. The predicted molar refractivity (Wildman–Crippen MR) is 73.0 cm³/mol. The largest absolute Gasteiger partial charge is 0.465 e. The van der Waals surface area contributed by atoms with Gasteiger partial charge in [-0.1, -0.05) is 48.5 Å². The highest BCUT2D eigenvalue weighted by molar-refractivity contribution is 5.70. The Labute approximate surface area is 108 Å². The summed E-state index contributed by atoms with van der Waals surface area (Å²) in [4.78, 5) is 0. The van der Waals surface area contributed by atoms with E-state index in [1.807, 2.05) is 56.3 Å². The first kappa shape index (κ1) is 12.7. The normalized spacial score (nSPS) is 12.1. The predicted octanol–water partition coefficient (Wildman–Crippen LogP) is 4.28. The Kier molecular flexibility index (Phi) is 4.37. The lowest BCUT2D eigenvalue weighted by molar-refractivity contribution is -0.0331. The summed E-state index contributed by atoms with van der Waals surface area (Å²) in [5.41, 5.74) is 2.21. The van der Waals surface area contributed by atoms with Crippen molar-refractivity contribution in [1.82, 2.24) is 0 Å². The summed E-state index contributed by atoms with van der Waals surface area (Å²) in [7, 11) is 0. The Bertz CT molecular complexity index is 479. The maximum Gasteiger partial charge on any atom is 0.197 e. The molecular weight excluding hydrogens is 224 g/mol. The van der Waals surface area contributed by atoms with Crippen LogP contribution in [-0.2, 0) is 4.74 Å². The number of hydrogen-bond acceptors (Lipinski definition) is 2. The minimum absolute atomic E-state index is 0.292. The molecule has 0 heterocycles. The third-order valence-corrected chi connectivity index (χ3v) is 2.59. The highest BCUT2D eigenvalue weighted by atomic mass is 16.7. The summed E-state index contributed by atoms with van der Waals surface area (Å²) in [6, 6.07) is 18.2. The van der Waals surface area contributed by atoms with Crippen LogP contribution in [-0.4, -0.2) is 6.29 Å². The Balaban J connectivity index is 2.26. The average Bonchev–Trinajstić information content (AvgIpc) is 2.40. The van der Waals surface area contributed by atoms with Crippen molar-refractivity contribution in [2.24, 2.45) is 0 Å². The first-order valence-electron chi connectivity index (χ1n) is 6.05. The van der Waals surface area contributed by atoms with Gasteiger partial charge >= 0.3 is 0 Å². The Hall–Kier alpha value is -1.80. The van der Waals surface area contributed by atoms with E-state index in [0.29, 0.717) is 0 Å². The molecule has 93 valence electrons. The van der Waals surface area contributed by atoms with Crippen LogP contribution < -0.4 is 4.74 Å². The third kappa shape index (κ3) is 3.11. The first-order valence-corrected chi connectivity index (χ1v) is 6.05. The lowest BCUT2D eigenvalue weighted by atomic mass is 10.1. The third-order valence-electron chi connectivity index (χ3n) is 2.59. The summed E-state index contributed by atoms with van der Waals surface area (Å²) in [6.07, 6.45) is -0.292. The molecule has 2 nitrogen and oxygen atoms in total. The monoisotopic (exact) mass is 241 g/mol. The zero-order valence-corrected chi connectivity index (χ0v) is 10.7. The van der Waals surface area contributed by atoms with Crippen molar-refractivity contribution < 1.29 is 9.47 Å². The molecule has 0 aliphatic rings. The van der Waals surface area contributed by atoms with Gasteiger partial charge in [0, 0.05) is 5.56 Å². The minimum Gasteiger partial charge on any atom is -0.465 e. The number of ether oxygens (including phenoxy) is 2. The SMILES string of the molecule is C[CH]OC(C)Oc1ccccc1-c1ccccc1. The van der Waals surface area contributed by atoms with Crippen molar-refractivity contribution in [1.29, 1.82) is 0 Å². The van der Waals surface area contributed by atoms with Crippen LogP contribution in [0.5, 0.6) is 5.75 Å². The molecule has 0 N–H and O–H groups in total. The maximum absolute atomic E-state index is 5.79. The lowest BCUT2D eigenvalue weighted by Gasteiger charge is -2.17. The Morgan fingerprint density at radius 2 is 1.61 bits per heavy atom. The highest BCUT2D eigenvalue weighted by Gasteiger charge is 2.08. The van der Waals surface area contributed by atoms with Crippen LogP contribution in [0.2, 0.25) is 0 Å². The molecule has 0 fully saturated rings. The Morgan fingerprint density at radius 1 is 0.944 bits per heavy atom. The molecule has 1 radical (unpaired) electrons. The van der Waals surface area contributed by atoms with Crippen molar-refractivity contribution in [3.05, 3.63) is 61.2 Å². The quantitative estimate of drug-likeness (QED) is 0.727. The summed E-state index contributed by atoms with van der Waals surface area (Å²) in [5, 5.41) is 0. The number of para-hydroxylation sites is 1. The molecule has 0 aliphatic heterocycles. The fourth-order valence-electron chi connectivity index (χ4n) is 1.82. The smallest absolute Gasteiger partial charge is 0.197 e. The molecule has 18 heavy (non-hydrogen) atoms. The second-order valence-electron chi connectivity index (χ2n) is 3.92. The molecule has 0 amide bonds. The van der Waals surface area contributed by atoms with Crippen LogP contribution in [0.1, 0.15) is 13.8 Å². The molecule has 0 saturated carbocycles. The number of rotatable bonds is 5. The van der Waals surface area contributed by atoms with Crippen molar-refractivity contribution >= 4 is 0 Å². The summed E-state index contributed by atoms with van der Waals surface area (Å²) < 4.78 is 11.1. The molecular formula is C16H17O2. The minimum atomic E-state index is -0.292. The molecule has 0 spiro atoms. The van der Waals surface area contributed by atoms with Crippen molar-refractivity contribution in [2.45, 2.75) is 20.1 Å². The standard InChI is InChI=1S/C16H17O2/c1-3-17-13(2)18-16-12-8-7-11-15(16)14-9-5-4-6-10-14/h3-13H,1-2H3. The lowest BCUT2D eigenvalue weighted by Crippen LogP contribution is -2.14. The van der Waals surface area contributed by atoms with Crippen molar-refractivity contribution in [2.75, 3.05) is 0 Å². The van der Waals surface area contributed by atoms with Gasteiger partial charge in [-0.15, -0.1) is 0 Å². The first-order chi connectivity index (χ1) is 8.81. The fourth-order valence-corrected chi connectivity index (χ4v) is 1.82. The average molecular weight is 241 g/mol. The van der Waals surface area contributed by atoms with Gasteiger partial charge in [0.15, 0.2) is 6.29 Å². The van der Waals surface area contributed by atoms with E-state index in [1.54, 1.807) is 6.61 Å². The van der Waals surface area contributed by atoms with Crippen LogP contribution in [0, 0.1) is 6.61 Å². The van der Waals surface area contributed by atoms with Gasteiger partial charge in [0.1, 0.15) is 5.75 Å². The van der Waals surface area contributed by atoms with Gasteiger partial charge in [-0.2, -0.15) is 0 Å². The molecule has 1 unspecified atom stereocenters. The van der Waals surface area contributed by atoms with Crippen LogP contribution in [0.3, 0.4) is 0 Å². The topological polar surface area (TPSA) is 18.5 Å². The van der Waals surface area contributed by atoms with E-state index in [4.69, 9.17) is 9.47 Å². The zero-order valence-electron chi connectivity index (χ0n) is 10.7.